The van der Waals surface area contributed by atoms with Gasteiger partial charge in [-0.15, -0.1) is 0 Å². The number of amides is 4. The number of hydrogen-bond donors (Lipinski definition) is 1. The van der Waals surface area contributed by atoms with Crippen LogP contribution in [-0.2, 0) is 9.59 Å². The fourth-order valence-electron chi connectivity index (χ4n) is 1.52. The van der Waals surface area contributed by atoms with Crippen LogP contribution in [0.25, 0.3) is 0 Å². The smallest absolute Gasteiger partial charge is 0.276 e. The second-order valence-electron chi connectivity index (χ2n) is 3.13. The Kier molecular flexibility index (Phi) is 2.94. The first-order valence-electron chi connectivity index (χ1n) is 4.35. The van der Waals surface area contributed by atoms with Crippen LogP contribution >= 0.6 is 16.1 Å². The SMILES string of the molecule is CCC1(CC)C(=O)NC(=O)N(Br)C1=O. The molecule has 0 saturated carbocycles. The maximum Gasteiger partial charge on any atom is 0.341 e. The van der Waals surface area contributed by atoms with Crippen molar-refractivity contribution in [2.45, 2.75) is 26.7 Å². The lowest BCUT2D eigenvalue weighted by Crippen LogP contribution is -2.60. The van der Waals surface area contributed by atoms with Gasteiger partial charge < -0.3 is 0 Å². The summed E-state index contributed by atoms with van der Waals surface area (Å²) in [7, 11) is 0. The zero-order chi connectivity index (χ0) is 10.9. The first-order valence-corrected chi connectivity index (χ1v) is 5.06. The van der Waals surface area contributed by atoms with E-state index >= 15 is 0 Å². The minimum atomic E-state index is -1.10. The van der Waals surface area contributed by atoms with Crippen LogP contribution in [0, 0.1) is 5.41 Å². The maximum absolute atomic E-state index is 11.7. The monoisotopic (exact) mass is 262 g/mol. The molecule has 0 aromatic heterocycles. The van der Waals surface area contributed by atoms with Gasteiger partial charge in [0.05, 0.1) is 16.1 Å². The number of halogens is 1. The van der Waals surface area contributed by atoms with Crippen LogP contribution in [0.3, 0.4) is 0 Å². The lowest BCUT2D eigenvalue weighted by molar-refractivity contribution is -0.148. The molecule has 0 aromatic rings. The highest BCUT2D eigenvalue weighted by Gasteiger charge is 2.50. The predicted octanol–water partition coefficient (Wildman–Crippen LogP) is 1.18. The Morgan fingerprint density at radius 2 is 1.79 bits per heavy atom. The van der Waals surface area contributed by atoms with E-state index in [2.05, 4.69) is 21.5 Å². The van der Waals surface area contributed by atoms with Crippen LogP contribution in [0.5, 0.6) is 0 Å². The Labute approximate surface area is 90.2 Å². The van der Waals surface area contributed by atoms with Crippen molar-refractivity contribution in [3.63, 3.8) is 0 Å². The normalized spacial score (nSPS) is 21.1. The average molecular weight is 263 g/mol. The Balaban J connectivity index is 3.12. The van der Waals surface area contributed by atoms with Crippen molar-refractivity contribution in [1.82, 2.24) is 9.24 Å². The number of imide groups is 2. The van der Waals surface area contributed by atoms with Gasteiger partial charge in [0.15, 0.2) is 0 Å². The van der Waals surface area contributed by atoms with Gasteiger partial charge >= 0.3 is 6.03 Å². The molecule has 5 nitrogen and oxygen atoms in total. The van der Waals surface area contributed by atoms with Crippen LogP contribution in [-0.4, -0.2) is 21.8 Å². The zero-order valence-electron chi connectivity index (χ0n) is 7.96. The van der Waals surface area contributed by atoms with Gasteiger partial charge in [0.2, 0.25) is 5.91 Å². The van der Waals surface area contributed by atoms with E-state index in [1.165, 1.54) is 0 Å². The molecule has 0 aliphatic carbocycles. The lowest BCUT2D eigenvalue weighted by atomic mass is 9.79. The number of hydrogen-bond acceptors (Lipinski definition) is 3. The van der Waals surface area contributed by atoms with Gasteiger partial charge in [0.1, 0.15) is 5.41 Å². The second-order valence-corrected chi connectivity index (χ2v) is 3.84. The number of nitrogens with one attached hydrogen (secondary N) is 1. The van der Waals surface area contributed by atoms with Gasteiger partial charge in [-0.05, 0) is 12.8 Å². The summed E-state index contributed by atoms with van der Waals surface area (Å²) in [4.78, 5) is 34.3. The molecule has 78 valence electrons. The Morgan fingerprint density at radius 1 is 1.29 bits per heavy atom. The highest BCUT2D eigenvalue weighted by molar-refractivity contribution is 9.08. The predicted molar refractivity (Wildman–Crippen MR) is 52.3 cm³/mol. The quantitative estimate of drug-likeness (QED) is 0.601. The summed E-state index contributed by atoms with van der Waals surface area (Å²) < 4.78 is 0.779. The second kappa shape index (κ2) is 3.68. The van der Waals surface area contributed by atoms with Crippen molar-refractivity contribution < 1.29 is 14.4 Å². The van der Waals surface area contributed by atoms with Crippen molar-refractivity contribution in [2.75, 3.05) is 0 Å². The Morgan fingerprint density at radius 3 is 2.21 bits per heavy atom. The first kappa shape index (κ1) is 11.2. The molecular weight excluding hydrogens is 252 g/mol. The number of urea groups is 1. The molecule has 0 atom stereocenters. The van der Waals surface area contributed by atoms with E-state index in [1.54, 1.807) is 13.8 Å². The Bertz CT molecular complexity index is 299. The molecule has 6 heteroatoms. The zero-order valence-corrected chi connectivity index (χ0v) is 9.55. The van der Waals surface area contributed by atoms with Crippen molar-refractivity contribution in [2.24, 2.45) is 5.41 Å². The molecule has 14 heavy (non-hydrogen) atoms. The Hall–Kier alpha value is -0.910. The van der Waals surface area contributed by atoms with Gasteiger partial charge in [-0.25, -0.2) is 4.79 Å². The van der Waals surface area contributed by atoms with Gasteiger partial charge in [-0.2, -0.15) is 3.93 Å². The molecule has 0 unspecified atom stereocenters. The third-order valence-corrected chi connectivity index (χ3v) is 3.27. The minimum absolute atomic E-state index is 0.379. The van der Waals surface area contributed by atoms with Crippen molar-refractivity contribution in [3.05, 3.63) is 0 Å². The highest BCUT2D eigenvalue weighted by atomic mass is 79.9. The van der Waals surface area contributed by atoms with Crippen LogP contribution in [0.4, 0.5) is 4.79 Å². The van der Waals surface area contributed by atoms with Gasteiger partial charge in [-0.3, -0.25) is 14.9 Å². The van der Waals surface area contributed by atoms with Gasteiger partial charge in [-0.1, -0.05) is 13.8 Å². The number of barbiturate groups is 1. The van der Waals surface area contributed by atoms with E-state index in [1.807, 2.05) is 0 Å². The third-order valence-electron chi connectivity index (χ3n) is 2.63. The summed E-state index contributed by atoms with van der Waals surface area (Å²) >= 11 is 2.82. The number of carbonyl (C=O) groups excluding carboxylic acids is 3. The molecule has 1 fully saturated rings. The minimum Gasteiger partial charge on any atom is -0.276 e. The molecule has 1 N–H and O–H groups in total. The fraction of sp³-hybridized carbons (Fsp3) is 0.625. The maximum atomic E-state index is 11.7. The van der Waals surface area contributed by atoms with E-state index < -0.39 is 23.3 Å². The van der Waals surface area contributed by atoms with Crippen molar-refractivity contribution >= 4 is 34.0 Å². The van der Waals surface area contributed by atoms with Gasteiger partial charge in [0.25, 0.3) is 5.91 Å². The number of carbonyl (C=O) groups is 3. The molecule has 0 aromatic carbocycles. The standard InChI is InChI=1S/C8H11BrN2O3/c1-3-8(4-2)5(12)10-7(14)11(9)6(8)13/h3-4H2,1-2H3,(H,10,12,14). The summed E-state index contributed by atoms with van der Waals surface area (Å²) in [6, 6.07) is -0.725. The molecule has 1 aliphatic heterocycles. The molecule has 0 bridgehead atoms. The van der Waals surface area contributed by atoms with Crippen LogP contribution in [0.2, 0.25) is 0 Å². The molecule has 1 heterocycles. The lowest BCUT2D eigenvalue weighted by Gasteiger charge is -2.34. The summed E-state index contributed by atoms with van der Waals surface area (Å²) in [6.07, 6.45) is 0.757. The molecule has 0 spiro atoms. The van der Waals surface area contributed by atoms with Crippen molar-refractivity contribution in [1.29, 1.82) is 0 Å². The molecule has 1 aliphatic rings. The average Bonchev–Trinajstić information content (AvgIpc) is 2.17. The van der Waals surface area contributed by atoms with E-state index in [4.69, 9.17) is 0 Å². The molecule has 1 rings (SSSR count). The topological polar surface area (TPSA) is 66.5 Å². The largest absolute Gasteiger partial charge is 0.341 e. The van der Waals surface area contributed by atoms with Crippen LogP contribution in [0.1, 0.15) is 26.7 Å². The summed E-state index contributed by atoms with van der Waals surface area (Å²) in [5.74, 6) is -0.996. The summed E-state index contributed by atoms with van der Waals surface area (Å²) in [6.45, 7) is 3.50. The number of rotatable bonds is 2. The van der Waals surface area contributed by atoms with E-state index in [0.717, 1.165) is 3.93 Å². The first-order chi connectivity index (χ1) is 6.49. The summed E-state index contributed by atoms with van der Waals surface area (Å²) in [5, 5.41) is 2.13. The van der Waals surface area contributed by atoms with E-state index in [0.29, 0.717) is 12.8 Å². The van der Waals surface area contributed by atoms with Crippen LogP contribution in [0.15, 0.2) is 0 Å². The van der Waals surface area contributed by atoms with Crippen LogP contribution < -0.4 is 5.32 Å². The third kappa shape index (κ3) is 1.33. The fourth-order valence-corrected chi connectivity index (χ4v) is 1.94. The van der Waals surface area contributed by atoms with E-state index in [9.17, 15) is 14.4 Å². The van der Waals surface area contributed by atoms with Gasteiger partial charge in [0, 0.05) is 0 Å². The number of nitrogens with zero attached hydrogens (tertiary/aromatic N) is 1. The highest BCUT2D eigenvalue weighted by Crippen LogP contribution is 2.33. The summed E-state index contributed by atoms with van der Waals surface area (Å²) in [5.41, 5.74) is -1.10. The molecular formula is C8H11BrN2O3. The van der Waals surface area contributed by atoms with E-state index in [-0.39, 0.29) is 0 Å². The van der Waals surface area contributed by atoms with Crippen molar-refractivity contribution in [3.8, 4) is 0 Å². The molecule has 4 amide bonds. The molecule has 0 radical (unpaired) electrons. The molecule has 1 saturated heterocycles.